The van der Waals surface area contributed by atoms with Gasteiger partial charge in [-0.05, 0) is 36.9 Å². The van der Waals surface area contributed by atoms with Gasteiger partial charge in [-0.15, -0.1) is 0 Å². The molecule has 2 N–H and O–H groups in total. The van der Waals surface area contributed by atoms with E-state index in [1.54, 1.807) is 66.7 Å². The molecule has 4 aromatic rings. The molecule has 1 amide bonds. The molecule has 0 aliphatic heterocycles. The number of rotatable bonds is 8. The molecule has 0 aliphatic rings. The zero-order valence-electron chi connectivity index (χ0n) is 18.5. The second-order valence-corrected chi connectivity index (χ2v) is 8.20. The van der Waals surface area contributed by atoms with Gasteiger partial charge in [0.15, 0.2) is 5.78 Å². The maximum Gasteiger partial charge on any atom is 0.258 e. The summed E-state index contributed by atoms with van der Waals surface area (Å²) in [6.07, 6.45) is 0. The highest BCUT2D eigenvalue weighted by molar-refractivity contribution is 6.31. The van der Waals surface area contributed by atoms with Crippen LogP contribution in [-0.4, -0.2) is 39.6 Å². The number of hydrogen-bond acceptors (Lipinski definition) is 5. The predicted molar refractivity (Wildman–Crippen MR) is 133 cm³/mol. The van der Waals surface area contributed by atoms with Crippen molar-refractivity contribution in [3.63, 3.8) is 0 Å². The van der Waals surface area contributed by atoms with Crippen molar-refractivity contribution in [3.05, 3.63) is 105 Å². The van der Waals surface area contributed by atoms with Crippen LogP contribution in [0.3, 0.4) is 0 Å². The van der Waals surface area contributed by atoms with Gasteiger partial charge in [-0.3, -0.25) is 19.3 Å². The molecule has 0 saturated carbocycles. The average Bonchev–Trinajstić information content (AvgIpc) is 2.83. The van der Waals surface area contributed by atoms with Gasteiger partial charge in [0.05, 0.1) is 29.7 Å². The Kier molecular flexibility index (Phi) is 7.15. The molecule has 0 fully saturated rings. The first-order chi connectivity index (χ1) is 16.4. The van der Waals surface area contributed by atoms with Crippen molar-refractivity contribution in [2.45, 2.75) is 13.5 Å². The highest BCUT2D eigenvalue weighted by Crippen LogP contribution is 2.20. The monoisotopic (exact) mass is 474 g/mol. The van der Waals surface area contributed by atoms with Crippen molar-refractivity contribution in [1.29, 1.82) is 0 Å². The zero-order chi connectivity index (χ0) is 24.1. The fourth-order valence-corrected chi connectivity index (χ4v) is 3.82. The lowest BCUT2D eigenvalue weighted by Gasteiger charge is -2.20. The molecule has 8 heteroatoms. The number of nitrogens with one attached hydrogen (secondary N) is 2. The van der Waals surface area contributed by atoms with Gasteiger partial charge in [0.1, 0.15) is 5.82 Å². The first-order valence-electron chi connectivity index (χ1n) is 10.8. The highest BCUT2D eigenvalue weighted by Gasteiger charge is 2.17. The van der Waals surface area contributed by atoms with Crippen molar-refractivity contribution in [2.24, 2.45) is 0 Å². The summed E-state index contributed by atoms with van der Waals surface area (Å²) < 4.78 is 0. The van der Waals surface area contributed by atoms with E-state index in [4.69, 9.17) is 11.6 Å². The minimum absolute atomic E-state index is 0.0572. The number of nitrogens with zero attached hydrogens (tertiary/aromatic N) is 2. The van der Waals surface area contributed by atoms with Gasteiger partial charge in [0.25, 0.3) is 5.56 Å². The minimum Gasteiger partial charge on any atom is -0.324 e. The van der Waals surface area contributed by atoms with Crippen LogP contribution in [0.2, 0.25) is 5.02 Å². The first kappa shape index (κ1) is 23.4. The summed E-state index contributed by atoms with van der Waals surface area (Å²) in [5, 5.41) is 3.79. The van der Waals surface area contributed by atoms with E-state index in [0.717, 1.165) is 0 Å². The number of H-pyrrole nitrogens is 1. The molecule has 3 aromatic carbocycles. The maximum absolute atomic E-state index is 12.9. The molecule has 0 bridgehead atoms. The van der Waals surface area contributed by atoms with Crippen molar-refractivity contribution in [1.82, 2.24) is 14.9 Å². The minimum atomic E-state index is -0.277. The Balaban J connectivity index is 1.48. The Morgan fingerprint density at radius 3 is 2.53 bits per heavy atom. The molecular formula is C26H23ClN4O3. The third-order valence-electron chi connectivity index (χ3n) is 5.39. The molecule has 7 nitrogen and oxygen atoms in total. The fourth-order valence-electron chi connectivity index (χ4n) is 3.66. The predicted octanol–water partition coefficient (Wildman–Crippen LogP) is 4.27. The van der Waals surface area contributed by atoms with Crippen LogP contribution in [0.25, 0.3) is 10.9 Å². The largest absolute Gasteiger partial charge is 0.324 e. The standard InChI is InChI=1S/C26H23ClN4O3/c1-2-31(15-23-28-22-14-18(27)12-13-20(22)26(34)30-23)16-24(32)29-21-11-7-6-10-19(21)25(33)17-8-4-3-5-9-17/h3-14H,2,15-16H2,1H3,(H,29,32)(H,28,30,34). The van der Waals surface area contributed by atoms with E-state index < -0.39 is 0 Å². The van der Waals surface area contributed by atoms with Crippen LogP contribution in [0, 0.1) is 0 Å². The number of aromatic amines is 1. The summed E-state index contributed by atoms with van der Waals surface area (Å²) in [5.41, 5.74) is 1.66. The molecular weight excluding hydrogens is 452 g/mol. The van der Waals surface area contributed by atoms with Gasteiger partial charge in [-0.1, -0.05) is 61.0 Å². The lowest BCUT2D eigenvalue weighted by molar-refractivity contribution is -0.117. The second-order valence-electron chi connectivity index (χ2n) is 7.77. The Morgan fingerprint density at radius 1 is 1.03 bits per heavy atom. The van der Waals surface area contributed by atoms with Crippen molar-refractivity contribution in [3.8, 4) is 0 Å². The lowest BCUT2D eigenvalue weighted by atomic mass is 10.0. The van der Waals surface area contributed by atoms with Gasteiger partial charge >= 0.3 is 0 Å². The van der Waals surface area contributed by atoms with Gasteiger partial charge < -0.3 is 10.3 Å². The molecule has 34 heavy (non-hydrogen) atoms. The Morgan fingerprint density at radius 2 is 1.76 bits per heavy atom. The third kappa shape index (κ3) is 5.39. The van der Waals surface area contributed by atoms with Crippen LogP contribution in [0.15, 0.2) is 77.6 Å². The van der Waals surface area contributed by atoms with E-state index in [1.807, 2.05) is 17.9 Å². The molecule has 0 saturated heterocycles. The molecule has 0 spiro atoms. The van der Waals surface area contributed by atoms with Crippen LogP contribution in [0.5, 0.6) is 0 Å². The van der Waals surface area contributed by atoms with E-state index in [-0.39, 0.29) is 30.3 Å². The summed E-state index contributed by atoms with van der Waals surface area (Å²) in [4.78, 5) is 47.2. The van der Waals surface area contributed by atoms with Crippen molar-refractivity contribution < 1.29 is 9.59 Å². The molecule has 1 heterocycles. The molecule has 0 aliphatic carbocycles. The molecule has 4 rings (SSSR count). The van der Waals surface area contributed by atoms with Crippen molar-refractivity contribution >= 4 is 39.9 Å². The summed E-state index contributed by atoms with van der Waals surface area (Å²) >= 11 is 6.04. The van der Waals surface area contributed by atoms with Crippen LogP contribution < -0.4 is 10.9 Å². The number of aromatic nitrogens is 2. The third-order valence-corrected chi connectivity index (χ3v) is 5.62. The van der Waals surface area contributed by atoms with Crippen LogP contribution >= 0.6 is 11.6 Å². The number of carbonyl (C=O) groups excluding carboxylic acids is 2. The van der Waals surface area contributed by atoms with E-state index in [9.17, 15) is 14.4 Å². The fraction of sp³-hybridized carbons (Fsp3) is 0.154. The van der Waals surface area contributed by atoms with E-state index >= 15 is 0 Å². The van der Waals surface area contributed by atoms with Crippen LogP contribution in [0.4, 0.5) is 5.69 Å². The number of para-hydroxylation sites is 1. The van der Waals surface area contributed by atoms with Gasteiger partial charge in [-0.25, -0.2) is 4.98 Å². The van der Waals surface area contributed by atoms with E-state index in [2.05, 4.69) is 15.3 Å². The Hall–Kier alpha value is -3.81. The number of halogens is 1. The zero-order valence-corrected chi connectivity index (χ0v) is 19.3. The number of amides is 1. The number of fused-ring (bicyclic) bond motifs is 1. The lowest BCUT2D eigenvalue weighted by Crippen LogP contribution is -2.34. The highest BCUT2D eigenvalue weighted by atomic mass is 35.5. The SMILES string of the molecule is CCN(CC(=O)Nc1ccccc1C(=O)c1ccccc1)Cc1nc2cc(Cl)ccc2c(=O)[nH]1. The van der Waals surface area contributed by atoms with E-state index in [0.29, 0.717) is 45.1 Å². The van der Waals surface area contributed by atoms with Gasteiger partial charge in [-0.2, -0.15) is 0 Å². The van der Waals surface area contributed by atoms with Crippen LogP contribution in [0.1, 0.15) is 28.7 Å². The van der Waals surface area contributed by atoms with Gasteiger partial charge in [0, 0.05) is 16.1 Å². The number of hydrogen-bond donors (Lipinski definition) is 2. The molecule has 172 valence electrons. The summed E-state index contributed by atoms with van der Waals surface area (Å²) in [6.45, 7) is 2.79. The topological polar surface area (TPSA) is 95.2 Å². The molecule has 1 aromatic heterocycles. The van der Waals surface area contributed by atoms with Crippen molar-refractivity contribution in [2.75, 3.05) is 18.4 Å². The number of carbonyl (C=O) groups is 2. The number of benzene rings is 3. The van der Waals surface area contributed by atoms with Crippen LogP contribution in [-0.2, 0) is 11.3 Å². The smallest absolute Gasteiger partial charge is 0.258 e. The Bertz CT molecular complexity index is 1400. The first-order valence-corrected chi connectivity index (χ1v) is 11.2. The van der Waals surface area contributed by atoms with E-state index in [1.165, 1.54) is 0 Å². The normalized spacial score (nSPS) is 11.0. The number of likely N-dealkylation sites (N-methyl/N-ethyl adjacent to an activating group) is 1. The summed E-state index contributed by atoms with van der Waals surface area (Å²) in [5.74, 6) is -0.00383. The second kappa shape index (κ2) is 10.4. The number of anilines is 1. The summed E-state index contributed by atoms with van der Waals surface area (Å²) in [6, 6.07) is 20.8. The Labute approximate surface area is 201 Å². The van der Waals surface area contributed by atoms with Gasteiger partial charge in [0.2, 0.25) is 5.91 Å². The molecule has 0 radical (unpaired) electrons. The molecule has 0 atom stereocenters. The quantitative estimate of drug-likeness (QED) is 0.372. The average molecular weight is 475 g/mol. The molecule has 0 unspecified atom stereocenters. The maximum atomic E-state index is 12.9. The summed E-state index contributed by atoms with van der Waals surface area (Å²) in [7, 11) is 0. The number of ketones is 1.